The minimum Gasteiger partial charge on any atom is -0.358 e. The quantitative estimate of drug-likeness (QED) is 0.573. The van der Waals surface area contributed by atoms with Gasteiger partial charge in [-0.25, -0.2) is 4.39 Å². The van der Waals surface area contributed by atoms with Gasteiger partial charge in [0.2, 0.25) is 0 Å². The molecule has 2 rings (SSSR count). The second kappa shape index (κ2) is 5.01. The largest absolute Gasteiger partial charge is 0.358 e. The second-order valence-corrected chi connectivity index (χ2v) is 4.36. The molecule has 1 saturated carbocycles. The van der Waals surface area contributed by atoms with Gasteiger partial charge in [-0.1, -0.05) is 5.92 Å². The number of hydrogen-bond acceptors (Lipinski definition) is 2. The number of nitrogens with zero attached hydrogens (tertiary/aromatic N) is 1. The number of rotatable bonds is 5. The van der Waals surface area contributed by atoms with Gasteiger partial charge in [0.15, 0.2) is 0 Å². The van der Waals surface area contributed by atoms with E-state index in [1.54, 1.807) is 12.1 Å². The van der Waals surface area contributed by atoms with E-state index in [-0.39, 0.29) is 5.82 Å². The molecule has 1 aliphatic carbocycles. The Bertz CT molecular complexity index is 460. The monoisotopic (exact) mass is 231 g/mol. The van der Waals surface area contributed by atoms with Crippen LogP contribution in [0.15, 0.2) is 18.2 Å². The Labute approximate surface area is 100 Å². The molecule has 0 bridgehead atoms. The van der Waals surface area contributed by atoms with Gasteiger partial charge in [0.1, 0.15) is 12.1 Å². The Hall–Kier alpha value is -1.82. The molecule has 0 saturated heterocycles. The van der Waals surface area contributed by atoms with Crippen molar-refractivity contribution in [3.8, 4) is 12.3 Å². The molecule has 0 heterocycles. The Kier molecular flexibility index (Phi) is 3.43. The molecule has 1 aromatic carbocycles. The molecule has 1 aliphatic rings. The van der Waals surface area contributed by atoms with Gasteiger partial charge < -0.3 is 4.90 Å². The molecule has 1 fully saturated rings. The van der Waals surface area contributed by atoms with Crippen LogP contribution in [-0.4, -0.2) is 19.4 Å². The predicted molar refractivity (Wildman–Crippen MR) is 65.6 cm³/mol. The van der Waals surface area contributed by atoms with E-state index in [0.717, 1.165) is 6.54 Å². The van der Waals surface area contributed by atoms with Gasteiger partial charge in [0.05, 0.1) is 12.2 Å². The van der Waals surface area contributed by atoms with Crippen LogP contribution < -0.4 is 4.90 Å². The predicted octanol–water partition coefficient (Wildman–Crippen LogP) is 2.49. The molecule has 0 unspecified atom stereocenters. The number of terminal acetylenes is 1. The molecule has 0 aliphatic heterocycles. The van der Waals surface area contributed by atoms with Crippen molar-refractivity contribution < 1.29 is 9.18 Å². The van der Waals surface area contributed by atoms with E-state index in [4.69, 9.17) is 6.42 Å². The Morgan fingerprint density at radius 1 is 1.53 bits per heavy atom. The number of halogens is 1. The molecule has 2 nitrogen and oxygen atoms in total. The van der Waals surface area contributed by atoms with Crippen LogP contribution in [0.5, 0.6) is 0 Å². The van der Waals surface area contributed by atoms with Crippen molar-refractivity contribution in [2.45, 2.75) is 12.8 Å². The first-order valence-corrected chi connectivity index (χ1v) is 5.67. The molecule has 17 heavy (non-hydrogen) atoms. The summed E-state index contributed by atoms with van der Waals surface area (Å²) < 4.78 is 13.8. The minimum atomic E-state index is -0.384. The standard InChI is InChI=1S/C14H14FNO/c1-2-7-16(9-11-3-4-11)14-6-5-12(10-17)8-13(14)15/h1,5-6,8,10-11H,3-4,7,9H2. The zero-order valence-electron chi connectivity index (χ0n) is 9.53. The van der Waals surface area contributed by atoms with E-state index in [2.05, 4.69) is 5.92 Å². The van der Waals surface area contributed by atoms with Gasteiger partial charge in [-0.15, -0.1) is 6.42 Å². The summed E-state index contributed by atoms with van der Waals surface area (Å²) in [4.78, 5) is 12.4. The van der Waals surface area contributed by atoms with E-state index in [9.17, 15) is 9.18 Å². The first kappa shape index (κ1) is 11.7. The van der Waals surface area contributed by atoms with Crippen LogP contribution in [0.4, 0.5) is 10.1 Å². The van der Waals surface area contributed by atoms with Crippen LogP contribution in [0.1, 0.15) is 23.2 Å². The van der Waals surface area contributed by atoms with E-state index in [1.807, 2.05) is 4.90 Å². The summed E-state index contributed by atoms with van der Waals surface area (Å²) in [7, 11) is 0. The fraction of sp³-hybridized carbons (Fsp3) is 0.357. The number of aldehydes is 1. The molecule has 0 amide bonds. The zero-order chi connectivity index (χ0) is 12.3. The summed E-state index contributed by atoms with van der Waals surface area (Å²) >= 11 is 0. The van der Waals surface area contributed by atoms with Gasteiger partial charge in [0, 0.05) is 12.1 Å². The maximum Gasteiger partial charge on any atom is 0.150 e. The molecule has 0 N–H and O–H groups in total. The van der Waals surface area contributed by atoms with Gasteiger partial charge in [-0.05, 0) is 37.0 Å². The van der Waals surface area contributed by atoms with Crippen molar-refractivity contribution in [3.05, 3.63) is 29.6 Å². The van der Waals surface area contributed by atoms with Crippen molar-refractivity contribution in [1.82, 2.24) is 0 Å². The smallest absolute Gasteiger partial charge is 0.150 e. The summed E-state index contributed by atoms with van der Waals surface area (Å²) in [5, 5.41) is 0. The Balaban J connectivity index is 2.21. The molecule has 1 aromatic rings. The zero-order valence-corrected chi connectivity index (χ0v) is 9.53. The van der Waals surface area contributed by atoms with Crippen molar-refractivity contribution in [2.24, 2.45) is 5.92 Å². The summed E-state index contributed by atoms with van der Waals surface area (Å²) in [6.07, 6.45) is 8.32. The van der Waals surface area contributed by atoms with Crippen molar-refractivity contribution in [2.75, 3.05) is 18.0 Å². The maximum absolute atomic E-state index is 13.8. The van der Waals surface area contributed by atoms with Crippen LogP contribution in [0.2, 0.25) is 0 Å². The summed E-state index contributed by atoms with van der Waals surface area (Å²) in [5.74, 6) is 2.79. The van der Waals surface area contributed by atoms with Crippen molar-refractivity contribution in [1.29, 1.82) is 0 Å². The van der Waals surface area contributed by atoms with E-state index in [1.165, 1.54) is 18.9 Å². The van der Waals surface area contributed by atoms with E-state index < -0.39 is 0 Å². The lowest BCUT2D eigenvalue weighted by Gasteiger charge is -2.22. The molecule has 88 valence electrons. The third-order valence-corrected chi connectivity index (χ3v) is 2.91. The summed E-state index contributed by atoms with van der Waals surface area (Å²) in [6, 6.07) is 4.49. The van der Waals surface area contributed by atoms with Crippen LogP contribution in [-0.2, 0) is 0 Å². The number of carbonyl (C=O) groups excluding carboxylic acids is 1. The highest BCUT2D eigenvalue weighted by molar-refractivity contribution is 5.76. The number of carbonyl (C=O) groups is 1. The lowest BCUT2D eigenvalue weighted by molar-refractivity contribution is 0.112. The van der Waals surface area contributed by atoms with Gasteiger partial charge in [0.25, 0.3) is 0 Å². The first-order valence-electron chi connectivity index (χ1n) is 5.67. The normalized spacial score (nSPS) is 14.1. The van der Waals surface area contributed by atoms with Crippen LogP contribution in [0.25, 0.3) is 0 Å². The van der Waals surface area contributed by atoms with Crippen LogP contribution in [0, 0.1) is 24.1 Å². The topological polar surface area (TPSA) is 20.3 Å². The molecule has 0 spiro atoms. The fourth-order valence-corrected chi connectivity index (χ4v) is 1.82. The van der Waals surface area contributed by atoms with E-state index >= 15 is 0 Å². The second-order valence-electron chi connectivity index (χ2n) is 4.36. The lowest BCUT2D eigenvalue weighted by atomic mass is 10.2. The molecule has 3 heteroatoms. The maximum atomic E-state index is 13.8. The fourth-order valence-electron chi connectivity index (χ4n) is 1.82. The van der Waals surface area contributed by atoms with Gasteiger partial charge >= 0.3 is 0 Å². The third-order valence-electron chi connectivity index (χ3n) is 2.91. The SMILES string of the molecule is C#CCN(CC1CC1)c1ccc(C=O)cc1F. The highest BCUT2D eigenvalue weighted by atomic mass is 19.1. The molecular formula is C14H14FNO. The summed E-state index contributed by atoms with van der Waals surface area (Å²) in [5.41, 5.74) is 0.832. The first-order chi connectivity index (χ1) is 8.24. The number of anilines is 1. The molecule has 0 radical (unpaired) electrons. The molecule has 0 atom stereocenters. The Morgan fingerprint density at radius 3 is 2.82 bits per heavy atom. The summed E-state index contributed by atoms with van der Waals surface area (Å²) in [6.45, 7) is 1.19. The van der Waals surface area contributed by atoms with Gasteiger partial charge in [-0.2, -0.15) is 0 Å². The van der Waals surface area contributed by atoms with E-state index in [0.29, 0.717) is 30.0 Å². The third kappa shape index (κ3) is 2.85. The van der Waals surface area contributed by atoms with Crippen LogP contribution in [0.3, 0.4) is 0 Å². The molecular weight excluding hydrogens is 217 g/mol. The Morgan fingerprint density at radius 2 is 2.29 bits per heavy atom. The average Bonchev–Trinajstić information content (AvgIpc) is 3.12. The van der Waals surface area contributed by atoms with Gasteiger partial charge in [-0.3, -0.25) is 4.79 Å². The van der Waals surface area contributed by atoms with Crippen LogP contribution >= 0.6 is 0 Å². The van der Waals surface area contributed by atoms with Crippen molar-refractivity contribution >= 4 is 12.0 Å². The highest BCUT2D eigenvalue weighted by Gasteiger charge is 2.25. The number of benzene rings is 1. The lowest BCUT2D eigenvalue weighted by Crippen LogP contribution is -2.27. The number of hydrogen-bond donors (Lipinski definition) is 0. The highest BCUT2D eigenvalue weighted by Crippen LogP contribution is 2.32. The minimum absolute atomic E-state index is 0.346. The average molecular weight is 231 g/mol. The van der Waals surface area contributed by atoms with Crippen molar-refractivity contribution in [3.63, 3.8) is 0 Å². The molecule has 0 aromatic heterocycles.